The summed E-state index contributed by atoms with van der Waals surface area (Å²) < 4.78 is 2.26. The monoisotopic (exact) mass is 529 g/mol. The fraction of sp³-hybridized carbons (Fsp3) is 0.235. The highest BCUT2D eigenvalue weighted by Crippen LogP contribution is 2.30. The smallest absolute Gasteiger partial charge is 0.321 e. The lowest BCUT2D eigenvalue weighted by atomic mass is 10.00. The third kappa shape index (κ3) is 5.23. The van der Waals surface area contributed by atoms with Gasteiger partial charge in [0.25, 0.3) is 0 Å². The minimum atomic E-state index is -0.0353. The van der Waals surface area contributed by atoms with Crippen molar-refractivity contribution in [3.63, 3.8) is 0 Å². The number of piperazine rings is 1. The van der Waals surface area contributed by atoms with Crippen molar-refractivity contribution in [2.45, 2.75) is 27.3 Å². The molecule has 6 nitrogen and oxygen atoms in total. The number of pyridine rings is 1. The van der Waals surface area contributed by atoms with Gasteiger partial charge in [0.15, 0.2) is 0 Å². The van der Waals surface area contributed by atoms with Crippen molar-refractivity contribution in [2.24, 2.45) is 0 Å². The van der Waals surface area contributed by atoms with Crippen molar-refractivity contribution in [2.75, 3.05) is 31.5 Å². The Kier molecular flexibility index (Phi) is 7.10. The summed E-state index contributed by atoms with van der Waals surface area (Å²) in [6.07, 6.45) is 2.23. The van der Waals surface area contributed by atoms with E-state index >= 15 is 0 Å². The lowest BCUT2D eigenvalue weighted by Crippen LogP contribution is -2.49. The molecule has 0 saturated carbocycles. The molecule has 3 heterocycles. The molecule has 0 unspecified atom stereocenters. The van der Waals surface area contributed by atoms with Crippen LogP contribution in [0, 0.1) is 20.8 Å². The maximum Gasteiger partial charge on any atom is 0.321 e. The molecule has 1 aliphatic heterocycles. The number of carbonyl (C=O) groups excluding carboxylic acids is 1. The van der Waals surface area contributed by atoms with Crippen LogP contribution in [0.2, 0.25) is 0 Å². The molecule has 1 aliphatic rings. The van der Waals surface area contributed by atoms with Crippen LogP contribution in [0.1, 0.15) is 22.4 Å². The van der Waals surface area contributed by atoms with Gasteiger partial charge in [-0.05, 0) is 61.2 Å². The number of aromatic nitrogens is 2. The molecule has 1 N–H and O–H groups in total. The van der Waals surface area contributed by atoms with Gasteiger partial charge < -0.3 is 14.6 Å². The Labute approximate surface area is 235 Å². The number of amides is 2. The second-order valence-electron chi connectivity index (χ2n) is 10.7. The number of carbonyl (C=O) groups is 1. The summed E-state index contributed by atoms with van der Waals surface area (Å²) in [5.74, 6) is 0. The number of hydrogen-bond donors (Lipinski definition) is 1. The van der Waals surface area contributed by atoms with Gasteiger partial charge in [0, 0.05) is 50.2 Å². The maximum atomic E-state index is 13.0. The zero-order chi connectivity index (χ0) is 27.6. The number of imidazole rings is 1. The van der Waals surface area contributed by atoms with Gasteiger partial charge in [-0.2, -0.15) is 0 Å². The Hall–Kier alpha value is -4.42. The van der Waals surface area contributed by atoms with Crippen LogP contribution in [-0.2, 0) is 6.54 Å². The number of nitrogens with zero attached hydrogens (tertiary/aromatic N) is 4. The highest BCUT2D eigenvalue weighted by molar-refractivity contribution is 5.90. The Morgan fingerprint density at radius 1 is 0.800 bits per heavy atom. The molecule has 0 radical (unpaired) electrons. The number of para-hydroxylation sites is 1. The summed E-state index contributed by atoms with van der Waals surface area (Å²) in [5.41, 5.74) is 11.1. The van der Waals surface area contributed by atoms with E-state index in [2.05, 4.69) is 89.3 Å². The Morgan fingerprint density at radius 2 is 1.55 bits per heavy atom. The highest BCUT2D eigenvalue weighted by atomic mass is 16.2. The van der Waals surface area contributed by atoms with Gasteiger partial charge in [-0.1, -0.05) is 72.3 Å². The first-order valence-electron chi connectivity index (χ1n) is 13.9. The summed E-state index contributed by atoms with van der Waals surface area (Å²) in [5, 5.41) is 3.08. The van der Waals surface area contributed by atoms with E-state index in [9.17, 15) is 4.79 Å². The van der Waals surface area contributed by atoms with Crippen LogP contribution in [0.4, 0.5) is 10.5 Å². The van der Waals surface area contributed by atoms with Crippen molar-refractivity contribution >= 4 is 17.4 Å². The topological polar surface area (TPSA) is 52.9 Å². The van der Waals surface area contributed by atoms with Crippen molar-refractivity contribution in [3.05, 3.63) is 114 Å². The number of hydrogen-bond acceptors (Lipinski definition) is 3. The second kappa shape index (κ2) is 11.0. The predicted molar refractivity (Wildman–Crippen MR) is 163 cm³/mol. The van der Waals surface area contributed by atoms with Gasteiger partial charge in [-0.15, -0.1) is 0 Å². The minimum Gasteiger partial charge on any atom is -0.322 e. The Bertz CT molecular complexity index is 1670. The first kappa shape index (κ1) is 25.8. The lowest BCUT2D eigenvalue weighted by Gasteiger charge is -2.34. The molecule has 5 aromatic rings. The van der Waals surface area contributed by atoms with Crippen molar-refractivity contribution in [3.8, 4) is 22.4 Å². The lowest BCUT2D eigenvalue weighted by molar-refractivity contribution is 0.142. The summed E-state index contributed by atoms with van der Waals surface area (Å²) in [7, 11) is 0. The Morgan fingerprint density at radius 3 is 2.33 bits per heavy atom. The third-order valence-corrected chi connectivity index (χ3v) is 7.89. The normalized spacial score (nSPS) is 14.0. The number of aryl methyl sites for hydroxylation is 3. The van der Waals surface area contributed by atoms with Crippen molar-refractivity contribution < 1.29 is 4.79 Å². The van der Waals surface area contributed by atoms with Crippen LogP contribution in [-0.4, -0.2) is 51.4 Å². The van der Waals surface area contributed by atoms with Crippen LogP contribution in [0.25, 0.3) is 28.0 Å². The largest absolute Gasteiger partial charge is 0.322 e. The predicted octanol–water partition coefficient (Wildman–Crippen LogP) is 6.94. The van der Waals surface area contributed by atoms with E-state index in [1.807, 2.05) is 42.2 Å². The molecule has 0 atom stereocenters. The van der Waals surface area contributed by atoms with Crippen LogP contribution in [0.15, 0.2) is 91.1 Å². The standard InChI is InChI=1S/C34H35N5O/c1-24-13-14-25(2)29(21-24)28-15-16-32-36-33(27-10-5-4-6-11-27)31(39(32)22-28)23-37-17-19-38(20-18-37)34(40)35-30-12-8-7-9-26(30)3/h4-16,21-22H,17-20,23H2,1-3H3,(H,35,40). The molecule has 0 bridgehead atoms. The summed E-state index contributed by atoms with van der Waals surface area (Å²) in [6, 6.07) is 29.2. The number of rotatable bonds is 5. The molecule has 202 valence electrons. The first-order chi connectivity index (χ1) is 19.5. The van der Waals surface area contributed by atoms with Crippen LogP contribution < -0.4 is 5.32 Å². The molecular formula is C34H35N5O. The zero-order valence-electron chi connectivity index (χ0n) is 23.4. The number of fused-ring (bicyclic) bond motifs is 1. The van der Waals surface area contributed by atoms with Gasteiger partial charge >= 0.3 is 6.03 Å². The van der Waals surface area contributed by atoms with E-state index in [-0.39, 0.29) is 6.03 Å². The quantitative estimate of drug-likeness (QED) is 0.268. The molecule has 0 aliphatic carbocycles. The number of urea groups is 1. The Balaban J connectivity index is 1.27. The second-order valence-corrected chi connectivity index (χ2v) is 10.7. The molecule has 2 amide bonds. The van der Waals surface area contributed by atoms with Gasteiger partial charge in [-0.3, -0.25) is 4.90 Å². The molecule has 1 fully saturated rings. The molecule has 1 saturated heterocycles. The van der Waals surface area contributed by atoms with Gasteiger partial charge in [0.1, 0.15) is 5.65 Å². The molecular weight excluding hydrogens is 494 g/mol. The third-order valence-electron chi connectivity index (χ3n) is 7.89. The average molecular weight is 530 g/mol. The van der Waals surface area contributed by atoms with E-state index in [1.165, 1.54) is 27.9 Å². The fourth-order valence-corrected chi connectivity index (χ4v) is 5.51. The van der Waals surface area contributed by atoms with E-state index in [0.717, 1.165) is 47.8 Å². The SMILES string of the molecule is Cc1ccc(C)c(-c2ccc3nc(-c4ccccc4)c(CN4CCN(C(=O)Nc5ccccc5C)CC4)n3c2)c1. The molecule has 3 aromatic carbocycles. The number of benzene rings is 3. The maximum absolute atomic E-state index is 13.0. The zero-order valence-corrected chi connectivity index (χ0v) is 23.4. The van der Waals surface area contributed by atoms with Crippen LogP contribution >= 0.6 is 0 Å². The summed E-state index contributed by atoms with van der Waals surface area (Å²) >= 11 is 0. The van der Waals surface area contributed by atoms with Gasteiger partial charge in [0.05, 0.1) is 11.4 Å². The summed E-state index contributed by atoms with van der Waals surface area (Å²) in [6.45, 7) is 10.1. The van der Waals surface area contributed by atoms with E-state index in [1.54, 1.807) is 0 Å². The van der Waals surface area contributed by atoms with Crippen molar-refractivity contribution in [1.82, 2.24) is 19.2 Å². The minimum absolute atomic E-state index is 0.0353. The summed E-state index contributed by atoms with van der Waals surface area (Å²) in [4.78, 5) is 22.4. The van der Waals surface area contributed by atoms with Gasteiger partial charge in [0.2, 0.25) is 0 Å². The molecule has 2 aromatic heterocycles. The first-order valence-corrected chi connectivity index (χ1v) is 13.9. The van der Waals surface area contributed by atoms with Crippen LogP contribution in [0.3, 0.4) is 0 Å². The molecule has 40 heavy (non-hydrogen) atoms. The molecule has 6 heteroatoms. The number of anilines is 1. The molecule has 0 spiro atoms. The highest BCUT2D eigenvalue weighted by Gasteiger charge is 2.24. The average Bonchev–Trinajstić information content (AvgIpc) is 3.33. The fourth-order valence-electron chi connectivity index (χ4n) is 5.51. The van der Waals surface area contributed by atoms with Crippen LogP contribution in [0.5, 0.6) is 0 Å². The van der Waals surface area contributed by atoms with E-state index in [4.69, 9.17) is 4.98 Å². The van der Waals surface area contributed by atoms with Crippen molar-refractivity contribution in [1.29, 1.82) is 0 Å². The number of nitrogens with one attached hydrogen (secondary N) is 1. The van der Waals surface area contributed by atoms with Gasteiger partial charge in [-0.25, -0.2) is 9.78 Å². The van der Waals surface area contributed by atoms with E-state index in [0.29, 0.717) is 13.1 Å². The van der Waals surface area contributed by atoms with E-state index < -0.39 is 0 Å². The molecule has 6 rings (SSSR count).